The fourth-order valence-electron chi connectivity index (χ4n) is 1.68. The molecular weight excluding hydrogens is 212 g/mol. The highest BCUT2D eigenvalue weighted by Gasteiger charge is 2.39. The Morgan fingerprint density at radius 1 is 1.38 bits per heavy atom. The predicted molar refractivity (Wildman–Crippen MR) is 72.8 cm³/mol. The fraction of sp³-hybridized carbons (Fsp3) is 0.714. The topological polar surface area (TPSA) is 9.23 Å². The van der Waals surface area contributed by atoms with Crippen LogP contribution in [0.25, 0.3) is 0 Å². The molecule has 0 N–H and O–H groups in total. The molecule has 0 aromatic rings. The quantitative estimate of drug-likeness (QED) is 0.409. The molecule has 0 unspecified atom stereocenters. The van der Waals surface area contributed by atoms with E-state index in [2.05, 4.69) is 51.9 Å². The Morgan fingerprint density at radius 2 is 2.00 bits per heavy atom. The number of allylic oxidation sites excluding steroid dienone is 1. The lowest BCUT2D eigenvalue weighted by Crippen LogP contribution is -2.43. The van der Waals surface area contributed by atoms with Crippen molar-refractivity contribution in [2.45, 2.75) is 57.8 Å². The van der Waals surface area contributed by atoms with Crippen LogP contribution in [0.15, 0.2) is 12.2 Å². The van der Waals surface area contributed by atoms with Crippen molar-refractivity contribution in [3.05, 3.63) is 12.2 Å². The second-order valence-corrected chi connectivity index (χ2v) is 11.0. The number of hydrogen-bond donors (Lipinski definition) is 0. The van der Waals surface area contributed by atoms with Gasteiger partial charge in [-0.1, -0.05) is 32.9 Å². The third kappa shape index (κ3) is 3.23. The van der Waals surface area contributed by atoms with E-state index in [1.807, 2.05) is 0 Å². The molecule has 0 bridgehead atoms. The summed E-state index contributed by atoms with van der Waals surface area (Å²) >= 11 is 0. The van der Waals surface area contributed by atoms with Crippen molar-refractivity contribution in [2.24, 2.45) is 5.92 Å². The van der Waals surface area contributed by atoms with E-state index >= 15 is 0 Å². The summed E-state index contributed by atoms with van der Waals surface area (Å²) in [6.45, 7) is 11.4. The Bertz CT molecular complexity index is 304. The average Bonchev–Trinajstić information content (AvgIpc) is 2.50. The van der Waals surface area contributed by atoms with Crippen LogP contribution >= 0.6 is 0 Å². The van der Waals surface area contributed by atoms with E-state index in [0.717, 1.165) is 12.8 Å². The zero-order chi connectivity index (χ0) is 12.4. The summed E-state index contributed by atoms with van der Waals surface area (Å²) in [7, 11) is -1.63. The van der Waals surface area contributed by atoms with Gasteiger partial charge in [0.25, 0.3) is 0 Å². The number of terminal acetylenes is 1. The maximum atomic E-state index is 6.32. The van der Waals surface area contributed by atoms with Gasteiger partial charge < -0.3 is 4.43 Å². The highest BCUT2D eigenvalue weighted by atomic mass is 28.4. The van der Waals surface area contributed by atoms with Crippen molar-refractivity contribution in [1.29, 1.82) is 0 Å². The second-order valence-electron chi connectivity index (χ2n) is 6.21. The van der Waals surface area contributed by atoms with E-state index in [1.165, 1.54) is 0 Å². The molecule has 0 heterocycles. The van der Waals surface area contributed by atoms with Gasteiger partial charge in [-0.05, 0) is 30.5 Å². The van der Waals surface area contributed by atoms with Crippen molar-refractivity contribution in [2.75, 3.05) is 0 Å². The molecule has 1 aliphatic rings. The summed E-state index contributed by atoms with van der Waals surface area (Å²) in [5.41, 5.74) is 0. The maximum Gasteiger partial charge on any atom is 0.192 e. The minimum Gasteiger partial charge on any atom is -0.411 e. The van der Waals surface area contributed by atoms with Crippen molar-refractivity contribution in [3.8, 4) is 12.3 Å². The van der Waals surface area contributed by atoms with E-state index in [9.17, 15) is 0 Å². The van der Waals surface area contributed by atoms with E-state index in [0.29, 0.717) is 12.0 Å². The zero-order valence-corrected chi connectivity index (χ0v) is 12.2. The molecule has 0 saturated heterocycles. The molecule has 0 amide bonds. The van der Waals surface area contributed by atoms with Crippen LogP contribution in [-0.4, -0.2) is 14.4 Å². The van der Waals surface area contributed by atoms with Gasteiger partial charge in [0, 0.05) is 6.42 Å². The molecule has 0 spiro atoms. The molecule has 0 radical (unpaired) electrons. The normalized spacial score (nSPS) is 25.8. The highest BCUT2D eigenvalue weighted by molar-refractivity contribution is 6.74. The Balaban J connectivity index is 2.53. The molecule has 1 rings (SSSR count). The molecule has 1 nitrogen and oxygen atoms in total. The van der Waals surface area contributed by atoms with Gasteiger partial charge in [0.15, 0.2) is 8.32 Å². The van der Waals surface area contributed by atoms with Crippen LogP contribution in [-0.2, 0) is 4.43 Å². The van der Waals surface area contributed by atoms with Gasteiger partial charge in [-0.2, -0.15) is 0 Å². The molecule has 1 aliphatic carbocycles. The molecule has 2 atom stereocenters. The first-order valence-corrected chi connectivity index (χ1v) is 8.97. The van der Waals surface area contributed by atoms with Gasteiger partial charge in [0.05, 0.1) is 6.10 Å². The maximum absolute atomic E-state index is 6.32. The van der Waals surface area contributed by atoms with Gasteiger partial charge in [-0.3, -0.25) is 0 Å². The monoisotopic (exact) mass is 236 g/mol. The second kappa shape index (κ2) is 4.77. The van der Waals surface area contributed by atoms with Crippen LogP contribution in [0.1, 0.15) is 33.6 Å². The Hall–Kier alpha value is -0.523. The summed E-state index contributed by atoms with van der Waals surface area (Å²) in [5.74, 6) is 3.26. The molecule has 2 heteroatoms. The lowest BCUT2D eigenvalue weighted by atomic mass is 10.1. The van der Waals surface area contributed by atoms with E-state index < -0.39 is 8.32 Å². The smallest absolute Gasteiger partial charge is 0.192 e. The van der Waals surface area contributed by atoms with Crippen LogP contribution in [0.3, 0.4) is 0 Å². The zero-order valence-electron chi connectivity index (χ0n) is 11.2. The minimum atomic E-state index is -1.63. The predicted octanol–water partition coefficient (Wildman–Crippen LogP) is 3.98. The number of hydrogen-bond acceptors (Lipinski definition) is 1. The Morgan fingerprint density at radius 3 is 2.50 bits per heavy atom. The summed E-state index contributed by atoms with van der Waals surface area (Å²) in [6.07, 6.45) is 11.9. The molecule has 0 fully saturated rings. The van der Waals surface area contributed by atoms with Crippen LogP contribution < -0.4 is 0 Å². The Kier molecular flexibility index (Phi) is 4.04. The summed E-state index contributed by atoms with van der Waals surface area (Å²) in [5, 5.41) is 0.283. The number of rotatable bonds is 3. The Labute approximate surface area is 101 Å². The first-order valence-electron chi connectivity index (χ1n) is 6.06. The third-order valence-electron chi connectivity index (χ3n) is 3.77. The minimum absolute atomic E-state index is 0.283. The van der Waals surface area contributed by atoms with Gasteiger partial charge in [-0.25, -0.2) is 0 Å². The lowest BCUT2D eigenvalue weighted by Gasteiger charge is -2.38. The van der Waals surface area contributed by atoms with Crippen molar-refractivity contribution >= 4 is 8.32 Å². The first kappa shape index (κ1) is 13.5. The first-order chi connectivity index (χ1) is 7.26. The van der Waals surface area contributed by atoms with Crippen LogP contribution in [0.4, 0.5) is 0 Å². The molecule has 90 valence electrons. The molecule has 0 aromatic carbocycles. The fourth-order valence-corrected chi connectivity index (χ4v) is 2.97. The summed E-state index contributed by atoms with van der Waals surface area (Å²) in [6, 6.07) is 0. The summed E-state index contributed by atoms with van der Waals surface area (Å²) < 4.78 is 6.32. The van der Waals surface area contributed by atoms with Crippen molar-refractivity contribution in [3.63, 3.8) is 0 Å². The highest BCUT2D eigenvalue weighted by Crippen LogP contribution is 2.39. The molecular formula is C14H24OSi. The molecule has 0 aromatic heterocycles. The van der Waals surface area contributed by atoms with E-state index in [1.54, 1.807) is 0 Å². The average molecular weight is 236 g/mol. The van der Waals surface area contributed by atoms with Crippen molar-refractivity contribution < 1.29 is 4.43 Å². The summed E-state index contributed by atoms with van der Waals surface area (Å²) in [4.78, 5) is 0. The van der Waals surface area contributed by atoms with Gasteiger partial charge in [0.1, 0.15) is 0 Å². The third-order valence-corrected chi connectivity index (χ3v) is 8.27. The van der Waals surface area contributed by atoms with Crippen LogP contribution in [0.5, 0.6) is 0 Å². The van der Waals surface area contributed by atoms with Crippen LogP contribution in [0, 0.1) is 18.3 Å². The van der Waals surface area contributed by atoms with E-state index in [4.69, 9.17) is 10.8 Å². The molecule has 16 heavy (non-hydrogen) atoms. The standard InChI is InChI=1S/C14H24OSi/c1-7-8-12-9-10-13(11-12)15-16(5,6)14(2,3)4/h1,9-10,12-13H,8,11H2,2-6H3/t12-,13-/m0/s1. The van der Waals surface area contributed by atoms with Gasteiger partial charge in [-0.15, -0.1) is 12.3 Å². The SMILES string of the molecule is C#CC[C@H]1C=C[C@H](O[Si](C)(C)C(C)(C)C)C1. The van der Waals surface area contributed by atoms with Crippen molar-refractivity contribution in [1.82, 2.24) is 0 Å². The largest absolute Gasteiger partial charge is 0.411 e. The molecule has 0 saturated carbocycles. The van der Waals surface area contributed by atoms with Gasteiger partial charge in [0.2, 0.25) is 0 Å². The van der Waals surface area contributed by atoms with E-state index in [-0.39, 0.29) is 5.04 Å². The van der Waals surface area contributed by atoms with Gasteiger partial charge >= 0.3 is 0 Å². The van der Waals surface area contributed by atoms with Crippen LogP contribution in [0.2, 0.25) is 18.1 Å². The lowest BCUT2D eigenvalue weighted by molar-refractivity contribution is 0.213. The molecule has 0 aliphatic heterocycles.